The van der Waals surface area contributed by atoms with Crippen molar-refractivity contribution in [1.29, 1.82) is 0 Å². The van der Waals surface area contributed by atoms with Gasteiger partial charge in [-0.3, -0.25) is 9.59 Å². The van der Waals surface area contributed by atoms with Crippen LogP contribution in [0.5, 0.6) is 0 Å². The molecule has 0 aliphatic carbocycles. The highest BCUT2D eigenvalue weighted by Crippen LogP contribution is 2.14. The molecule has 0 unspecified atom stereocenters. The molecule has 0 aliphatic heterocycles. The van der Waals surface area contributed by atoms with Gasteiger partial charge in [-0.25, -0.2) is 0 Å². The van der Waals surface area contributed by atoms with Gasteiger partial charge in [0.15, 0.2) is 0 Å². The number of nitrogens with one attached hydrogen (secondary N) is 2. The predicted octanol–water partition coefficient (Wildman–Crippen LogP) is 3.09. The van der Waals surface area contributed by atoms with E-state index in [0.717, 1.165) is 12.8 Å². The van der Waals surface area contributed by atoms with Gasteiger partial charge in [0, 0.05) is 24.6 Å². The van der Waals surface area contributed by atoms with Crippen LogP contribution in [-0.4, -0.2) is 24.9 Å². The quantitative estimate of drug-likeness (QED) is 0.725. The number of hydrogen-bond donors (Lipinski definition) is 2. The van der Waals surface area contributed by atoms with E-state index < -0.39 is 0 Å². The van der Waals surface area contributed by atoms with Gasteiger partial charge < -0.3 is 10.6 Å². The van der Waals surface area contributed by atoms with Gasteiger partial charge in [-0.2, -0.15) is 0 Å². The van der Waals surface area contributed by atoms with Crippen LogP contribution in [0.25, 0.3) is 0 Å². The van der Waals surface area contributed by atoms with Crippen LogP contribution < -0.4 is 10.6 Å². The van der Waals surface area contributed by atoms with Crippen LogP contribution in [0.3, 0.4) is 0 Å². The van der Waals surface area contributed by atoms with E-state index in [4.69, 9.17) is 0 Å². The van der Waals surface area contributed by atoms with Gasteiger partial charge in [-0.15, -0.1) is 0 Å². The third-order valence-corrected chi connectivity index (χ3v) is 3.91. The zero-order valence-electron chi connectivity index (χ0n) is 14.1. The van der Waals surface area contributed by atoms with Crippen molar-refractivity contribution in [2.75, 3.05) is 13.1 Å². The summed E-state index contributed by atoms with van der Waals surface area (Å²) < 4.78 is 0. The second kappa shape index (κ2) is 9.23. The Morgan fingerprint density at radius 2 is 1.50 bits per heavy atom. The summed E-state index contributed by atoms with van der Waals surface area (Å²) in [5.41, 5.74) is 1.87. The van der Waals surface area contributed by atoms with Crippen LogP contribution >= 0.6 is 0 Å². The summed E-state index contributed by atoms with van der Waals surface area (Å²) in [6, 6.07) is 7.64. The van der Waals surface area contributed by atoms with E-state index in [9.17, 15) is 9.59 Å². The Balaban J connectivity index is 2.36. The van der Waals surface area contributed by atoms with Crippen molar-refractivity contribution in [3.05, 3.63) is 35.4 Å². The summed E-state index contributed by atoms with van der Waals surface area (Å²) in [7, 11) is 0. The third kappa shape index (κ3) is 5.51. The first-order valence-electron chi connectivity index (χ1n) is 8.15. The maximum Gasteiger partial charge on any atom is 0.251 e. The van der Waals surface area contributed by atoms with E-state index in [1.54, 1.807) is 0 Å². The molecule has 0 aromatic heterocycles. The Morgan fingerprint density at radius 3 is 2.00 bits per heavy atom. The first-order valence-corrected chi connectivity index (χ1v) is 8.15. The SMILES string of the molecule is CCC(CC)C(=O)NCCNC(=O)c1ccc(C(C)C)cc1. The van der Waals surface area contributed by atoms with Crippen molar-refractivity contribution in [3.8, 4) is 0 Å². The molecule has 4 heteroatoms. The van der Waals surface area contributed by atoms with Gasteiger partial charge in [-0.1, -0.05) is 39.8 Å². The van der Waals surface area contributed by atoms with Gasteiger partial charge in [0.25, 0.3) is 5.91 Å². The van der Waals surface area contributed by atoms with Gasteiger partial charge in [0.05, 0.1) is 0 Å². The summed E-state index contributed by atoms with van der Waals surface area (Å²) >= 11 is 0. The van der Waals surface area contributed by atoms with Crippen LogP contribution in [0.4, 0.5) is 0 Å². The molecule has 0 atom stereocenters. The zero-order valence-corrected chi connectivity index (χ0v) is 14.1. The number of rotatable bonds is 8. The summed E-state index contributed by atoms with van der Waals surface area (Å²) in [5.74, 6) is 0.490. The smallest absolute Gasteiger partial charge is 0.251 e. The third-order valence-electron chi connectivity index (χ3n) is 3.91. The summed E-state index contributed by atoms with van der Waals surface area (Å²) in [5, 5.41) is 5.69. The molecular weight excluding hydrogens is 276 g/mol. The van der Waals surface area contributed by atoms with E-state index >= 15 is 0 Å². The van der Waals surface area contributed by atoms with Crippen molar-refractivity contribution in [2.45, 2.75) is 46.5 Å². The lowest BCUT2D eigenvalue weighted by Crippen LogP contribution is -2.37. The molecule has 2 amide bonds. The van der Waals surface area contributed by atoms with Gasteiger partial charge in [0.2, 0.25) is 5.91 Å². The predicted molar refractivity (Wildman–Crippen MR) is 89.9 cm³/mol. The lowest BCUT2D eigenvalue weighted by Gasteiger charge is -2.13. The van der Waals surface area contributed by atoms with E-state index in [1.807, 2.05) is 38.1 Å². The molecular formula is C18H28N2O2. The highest BCUT2D eigenvalue weighted by molar-refractivity contribution is 5.94. The Morgan fingerprint density at radius 1 is 0.955 bits per heavy atom. The molecule has 0 heterocycles. The second-order valence-corrected chi connectivity index (χ2v) is 5.84. The van der Waals surface area contributed by atoms with Crippen molar-refractivity contribution in [2.24, 2.45) is 5.92 Å². The topological polar surface area (TPSA) is 58.2 Å². The van der Waals surface area contributed by atoms with Gasteiger partial charge in [-0.05, 0) is 36.5 Å². The zero-order chi connectivity index (χ0) is 16.5. The number of amides is 2. The minimum atomic E-state index is -0.105. The fourth-order valence-electron chi connectivity index (χ4n) is 2.29. The van der Waals surface area contributed by atoms with E-state index in [-0.39, 0.29) is 17.7 Å². The van der Waals surface area contributed by atoms with Crippen molar-refractivity contribution in [1.82, 2.24) is 10.6 Å². The largest absolute Gasteiger partial charge is 0.354 e. The summed E-state index contributed by atoms with van der Waals surface area (Å²) in [4.78, 5) is 23.8. The molecule has 1 rings (SSSR count). The summed E-state index contributed by atoms with van der Waals surface area (Å²) in [6.45, 7) is 9.17. The van der Waals surface area contributed by atoms with Gasteiger partial charge in [0.1, 0.15) is 0 Å². The minimum Gasteiger partial charge on any atom is -0.354 e. The van der Waals surface area contributed by atoms with Crippen LogP contribution in [-0.2, 0) is 4.79 Å². The van der Waals surface area contributed by atoms with E-state index in [1.165, 1.54) is 5.56 Å². The van der Waals surface area contributed by atoms with Crippen LogP contribution in [0.15, 0.2) is 24.3 Å². The number of benzene rings is 1. The molecule has 0 bridgehead atoms. The monoisotopic (exact) mass is 304 g/mol. The average molecular weight is 304 g/mol. The molecule has 0 spiro atoms. The van der Waals surface area contributed by atoms with Crippen LogP contribution in [0, 0.1) is 5.92 Å². The maximum atomic E-state index is 12.0. The molecule has 2 N–H and O–H groups in total. The molecule has 122 valence electrons. The molecule has 0 fully saturated rings. The molecule has 1 aromatic rings. The number of hydrogen-bond acceptors (Lipinski definition) is 2. The van der Waals surface area contributed by atoms with Crippen molar-refractivity contribution >= 4 is 11.8 Å². The fraction of sp³-hybridized carbons (Fsp3) is 0.556. The van der Waals surface area contributed by atoms with Gasteiger partial charge >= 0.3 is 0 Å². The highest BCUT2D eigenvalue weighted by atomic mass is 16.2. The molecule has 1 aromatic carbocycles. The van der Waals surface area contributed by atoms with E-state index in [2.05, 4.69) is 24.5 Å². The fourth-order valence-corrected chi connectivity index (χ4v) is 2.29. The molecule has 0 radical (unpaired) electrons. The highest BCUT2D eigenvalue weighted by Gasteiger charge is 2.13. The Hall–Kier alpha value is -1.84. The van der Waals surface area contributed by atoms with Crippen LogP contribution in [0.1, 0.15) is 62.4 Å². The molecule has 4 nitrogen and oxygen atoms in total. The number of carbonyl (C=O) groups excluding carboxylic acids is 2. The maximum absolute atomic E-state index is 12.0. The lowest BCUT2D eigenvalue weighted by molar-refractivity contribution is -0.125. The lowest BCUT2D eigenvalue weighted by atomic mass is 10.0. The minimum absolute atomic E-state index is 0.0688. The second-order valence-electron chi connectivity index (χ2n) is 5.84. The van der Waals surface area contributed by atoms with E-state index in [0.29, 0.717) is 24.6 Å². The Kier molecular flexibility index (Phi) is 7.64. The first-order chi connectivity index (χ1) is 10.5. The molecule has 22 heavy (non-hydrogen) atoms. The Bertz CT molecular complexity index is 476. The molecule has 0 saturated heterocycles. The van der Waals surface area contributed by atoms with Crippen LogP contribution in [0.2, 0.25) is 0 Å². The Labute approximate surface area is 133 Å². The number of carbonyl (C=O) groups is 2. The van der Waals surface area contributed by atoms with Crippen molar-refractivity contribution in [3.63, 3.8) is 0 Å². The average Bonchev–Trinajstić information content (AvgIpc) is 2.52. The first kappa shape index (κ1) is 18.2. The molecule has 0 saturated carbocycles. The normalized spacial score (nSPS) is 10.8. The van der Waals surface area contributed by atoms with Crippen molar-refractivity contribution < 1.29 is 9.59 Å². The summed E-state index contributed by atoms with van der Waals surface area (Å²) in [6.07, 6.45) is 1.69. The standard InChI is InChI=1S/C18H28N2O2/c1-5-14(6-2)17(21)19-11-12-20-18(22)16-9-7-15(8-10-16)13(3)4/h7-10,13-14H,5-6,11-12H2,1-4H3,(H,19,21)(H,20,22). The molecule has 0 aliphatic rings.